The Kier molecular flexibility index (Phi) is 25.1. The van der Waals surface area contributed by atoms with Crippen molar-refractivity contribution in [3.05, 3.63) is 0 Å². The Morgan fingerprint density at radius 3 is 0.415 bits per heavy atom. The number of Topliss-reactive ketones (excluding diaryl/α,β-unsaturated/α-hetero) is 8. The molecule has 0 rings (SSSR count). The smallest absolute Gasteiger partial charge is 0.372 e. The fraction of sp³-hybridized carbons (Fsp3) is 0.667. The van der Waals surface area contributed by atoms with Crippen LogP contribution in [0.1, 0.15) is 111 Å². The van der Waals surface area contributed by atoms with Gasteiger partial charge in [0, 0.05) is 21.1 Å². The van der Waals surface area contributed by atoms with E-state index in [0.717, 1.165) is 0 Å². The number of rotatable bonds is 12. The van der Waals surface area contributed by atoms with E-state index in [1.54, 1.807) is 83.1 Å². The van der Waals surface area contributed by atoms with Crippen LogP contribution < -0.4 is 0 Å². The first-order chi connectivity index (χ1) is 22.7. The molecule has 0 fully saturated rings. The first-order valence-corrected chi connectivity index (χ1v) is 15.8. The number of carboxylic acids is 4. The number of aliphatic carboxylic acids is 4. The van der Waals surface area contributed by atoms with Crippen LogP contribution in [0, 0.1) is 45.3 Å². The monoisotopic (exact) mass is 928 g/mol. The molecule has 0 heterocycles. The second-order valence-corrected chi connectivity index (χ2v) is 16.3. The van der Waals surface area contributed by atoms with E-state index in [-0.39, 0.29) is 21.1 Å². The number of hydrogen-bond donors (Lipinski definition) is 4. The molecule has 0 aliphatic heterocycles. The van der Waals surface area contributed by atoms with Crippen LogP contribution in [0.3, 0.4) is 0 Å². The molecule has 0 aliphatic rings. The number of carboxylic acid groups (broad SMARTS) is 4. The zero-order chi connectivity index (χ0) is 43.2. The molecule has 0 saturated carbocycles. The van der Waals surface area contributed by atoms with Gasteiger partial charge < -0.3 is 20.4 Å². The van der Waals surface area contributed by atoms with Crippen molar-refractivity contribution in [3.63, 3.8) is 0 Å². The second-order valence-electron chi connectivity index (χ2n) is 16.3. The first kappa shape index (κ1) is 58.2. The van der Waals surface area contributed by atoms with Gasteiger partial charge >= 0.3 is 23.9 Å². The summed E-state index contributed by atoms with van der Waals surface area (Å²) in [5, 5.41) is 33.9. The molecule has 4 atom stereocenters. The average molecular weight is 929 g/mol. The maximum atomic E-state index is 11.1. The predicted molar refractivity (Wildman–Crippen MR) is 185 cm³/mol. The molecule has 0 bridgehead atoms. The largest absolute Gasteiger partial charge is 0.475 e. The third-order valence-electron chi connectivity index (χ3n) is 6.98. The van der Waals surface area contributed by atoms with E-state index >= 15 is 0 Å². The van der Waals surface area contributed by atoms with Crippen LogP contribution in [0.5, 0.6) is 0 Å². The van der Waals surface area contributed by atoms with Crippen molar-refractivity contribution in [1.82, 2.24) is 0 Å². The summed E-state index contributed by atoms with van der Waals surface area (Å²) in [5.41, 5.74) is -2.55. The molecule has 0 aromatic carbocycles. The molecule has 0 amide bonds. The van der Waals surface area contributed by atoms with Gasteiger partial charge in [0.15, 0.2) is 0 Å². The van der Waals surface area contributed by atoms with Gasteiger partial charge in [0.05, 0.1) is 23.7 Å². The minimum atomic E-state index is -1.55. The van der Waals surface area contributed by atoms with Gasteiger partial charge in [0.2, 0.25) is 0 Å². The molecule has 53 heavy (non-hydrogen) atoms. The molecular formula is C36H56O16W. The quantitative estimate of drug-likeness (QED) is 0.161. The molecule has 4 unspecified atom stereocenters. The standard InChI is InChI=1S/4C9H14O4.W/c4*1-5(10)6(9(2,3)4)7(11)8(12)13;/h4*6H,1-4H3,(H,12,13);. The van der Waals surface area contributed by atoms with Crippen LogP contribution in [0.2, 0.25) is 0 Å². The van der Waals surface area contributed by atoms with Gasteiger partial charge in [-0.05, 0) is 49.4 Å². The van der Waals surface area contributed by atoms with Crippen LogP contribution in [0.15, 0.2) is 0 Å². The fourth-order valence-corrected chi connectivity index (χ4v) is 5.24. The van der Waals surface area contributed by atoms with Crippen LogP contribution in [0.25, 0.3) is 0 Å². The van der Waals surface area contributed by atoms with Crippen molar-refractivity contribution in [2.75, 3.05) is 0 Å². The van der Waals surface area contributed by atoms with Crippen molar-refractivity contribution in [1.29, 1.82) is 0 Å². The maximum Gasteiger partial charge on any atom is 0.372 e. The molecule has 17 heteroatoms. The van der Waals surface area contributed by atoms with Crippen molar-refractivity contribution in [3.8, 4) is 0 Å². The van der Waals surface area contributed by atoms with Gasteiger partial charge in [0.1, 0.15) is 23.1 Å². The normalized spacial score (nSPS) is 13.3. The number of carbonyl (C=O) groups excluding carboxylic acids is 8. The van der Waals surface area contributed by atoms with Crippen LogP contribution in [-0.4, -0.2) is 90.6 Å². The molecule has 0 aromatic heterocycles. The van der Waals surface area contributed by atoms with Gasteiger partial charge in [-0.2, -0.15) is 0 Å². The Morgan fingerprint density at radius 1 is 0.302 bits per heavy atom. The van der Waals surface area contributed by atoms with Crippen molar-refractivity contribution in [2.45, 2.75) is 111 Å². The molecular weight excluding hydrogens is 872 g/mol. The summed E-state index contributed by atoms with van der Waals surface area (Å²) < 4.78 is 0. The van der Waals surface area contributed by atoms with Crippen LogP contribution in [-0.2, 0) is 78.6 Å². The zero-order valence-electron chi connectivity index (χ0n) is 33.4. The van der Waals surface area contributed by atoms with Crippen molar-refractivity contribution >= 4 is 70.1 Å². The summed E-state index contributed by atoms with van der Waals surface area (Å²) in [7, 11) is 0. The third kappa shape index (κ3) is 21.9. The molecule has 0 aliphatic carbocycles. The zero-order valence-corrected chi connectivity index (χ0v) is 36.3. The Bertz CT molecular complexity index is 1210. The minimum absolute atomic E-state index is 0. The molecule has 16 nitrogen and oxygen atoms in total. The molecule has 0 radical (unpaired) electrons. The Labute approximate surface area is 324 Å². The number of hydrogen-bond acceptors (Lipinski definition) is 12. The predicted octanol–water partition coefficient (Wildman–Crippen LogP) is 3.56. The van der Waals surface area contributed by atoms with Gasteiger partial charge in [-0.3, -0.25) is 38.4 Å². The van der Waals surface area contributed by atoms with E-state index in [0.29, 0.717) is 0 Å². The van der Waals surface area contributed by atoms with Gasteiger partial charge in [-0.1, -0.05) is 83.1 Å². The summed E-state index contributed by atoms with van der Waals surface area (Å²) in [5.74, 6) is -16.1. The van der Waals surface area contributed by atoms with Gasteiger partial charge in [-0.15, -0.1) is 0 Å². The van der Waals surface area contributed by atoms with E-state index in [1.807, 2.05) is 0 Å². The molecule has 0 saturated heterocycles. The van der Waals surface area contributed by atoms with Crippen molar-refractivity contribution in [2.24, 2.45) is 45.3 Å². The second kappa shape index (κ2) is 22.9. The van der Waals surface area contributed by atoms with Crippen LogP contribution in [0.4, 0.5) is 0 Å². The van der Waals surface area contributed by atoms with Gasteiger partial charge in [0.25, 0.3) is 23.1 Å². The van der Waals surface area contributed by atoms with E-state index < -0.39 is 115 Å². The molecule has 0 spiro atoms. The molecule has 4 N–H and O–H groups in total. The van der Waals surface area contributed by atoms with Gasteiger partial charge in [-0.25, -0.2) is 19.2 Å². The number of carbonyl (C=O) groups is 12. The van der Waals surface area contributed by atoms with E-state index in [2.05, 4.69) is 0 Å². The Morgan fingerprint density at radius 2 is 0.396 bits per heavy atom. The Hall–Kier alpha value is -4.07. The van der Waals surface area contributed by atoms with Crippen molar-refractivity contribution < 1.29 is 99.0 Å². The number of ketones is 8. The molecule has 0 aromatic rings. The summed E-state index contributed by atoms with van der Waals surface area (Å²) >= 11 is 0. The van der Waals surface area contributed by atoms with E-state index in [4.69, 9.17) is 20.4 Å². The molecule has 302 valence electrons. The summed E-state index contributed by atoms with van der Waals surface area (Å²) in [6.45, 7) is 24.9. The maximum absolute atomic E-state index is 11.1. The fourth-order valence-electron chi connectivity index (χ4n) is 5.24. The summed E-state index contributed by atoms with van der Waals surface area (Å²) in [6, 6.07) is 0. The summed E-state index contributed by atoms with van der Waals surface area (Å²) in [6.07, 6.45) is 0. The summed E-state index contributed by atoms with van der Waals surface area (Å²) in [4.78, 5) is 130. The van der Waals surface area contributed by atoms with E-state index in [9.17, 15) is 57.5 Å². The SMILES string of the molecule is CC(=O)C(C(=O)C(=O)O)C(C)(C)C.CC(=O)C(C(=O)C(=O)O)C(C)(C)C.CC(=O)C(C(=O)C(=O)O)C(C)(C)C.CC(=O)C(C(=O)C(=O)O)C(C)(C)C.[W]. The topological polar surface area (TPSA) is 286 Å². The Balaban J connectivity index is -0.000000192. The average Bonchev–Trinajstić information content (AvgIpc) is 2.85. The minimum Gasteiger partial charge on any atom is -0.475 e. The first-order valence-electron chi connectivity index (χ1n) is 15.8. The van der Waals surface area contributed by atoms with E-state index in [1.165, 1.54) is 27.7 Å². The third-order valence-corrected chi connectivity index (χ3v) is 6.98. The van der Waals surface area contributed by atoms with Crippen LogP contribution >= 0.6 is 0 Å².